The van der Waals surface area contributed by atoms with E-state index in [-0.39, 0.29) is 0 Å². The molecule has 4 nitrogen and oxygen atoms in total. The molecule has 198 valence electrons. The Bertz CT molecular complexity index is 2250. The average molecular weight is 547 g/mol. The van der Waals surface area contributed by atoms with Crippen molar-refractivity contribution in [2.75, 3.05) is 0 Å². The Morgan fingerprint density at radius 1 is 0.419 bits per heavy atom. The zero-order chi connectivity index (χ0) is 29.3. The fourth-order valence-electron chi connectivity index (χ4n) is 5.91. The normalized spacial score (nSPS) is 10.7. The van der Waals surface area contributed by atoms with Crippen molar-refractivity contribution in [3.8, 4) is 57.3 Å². The molecule has 0 radical (unpaired) electrons. The van der Waals surface area contributed by atoms with Crippen LogP contribution in [0.25, 0.3) is 60.9 Å². The number of fused-ring (bicyclic) bond motifs is 3. The van der Waals surface area contributed by atoms with E-state index in [1.165, 1.54) is 0 Å². The highest BCUT2D eigenvalue weighted by molar-refractivity contribution is 6.09. The van der Waals surface area contributed by atoms with Crippen LogP contribution in [0, 0.1) is 34.0 Å². The van der Waals surface area contributed by atoms with Gasteiger partial charge >= 0.3 is 0 Å². The molecule has 0 aliphatic rings. The Hall–Kier alpha value is -6.41. The van der Waals surface area contributed by atoms with Gasteiger partial charge in [-0.25, -0.2) is 0 Å². The number of aromatic nitrogens is 1. The molecule has 0 fully saturated rings. The third-order valence-electron chi connectivity index (χ3n) is 7.86. The molecule has 0 aliphatic carbocycles. The molecule has 43 heavy (non-hydrogen) atoms. The first-order valence-corrected chi connectivity index (χ1v) is 13.9. The smallest absolute Gasteiger partial charge is 0.100 e. The van der Waals surface area contributed by atoms with E-state index in [1.54, 1.807) is 0 Å². The number of nitrogens with zero attached hydrogens (tertiary/aromatic N) is 4. The molecule has 1 heterocycles. The van der Waals surface area contributed by atoms with Gasteiger partial charge in [0.05, 0.1) is 39.9 Å². The highest BCUT2D eigenvalue weighted by Gasteiger charge is 2.18. The van der Waals surface area contributed by atoms with Gasteiger partial charge in [-0.05, 0) is 76.9 Å². The maximum absolute atomic E-state index is 10.4. The van der Waals surface area contributed by atoms with E-state index in [4.69, 9.17) is 0 Å². The summed E-state index contributed by atoms with van der Waals surface area (Å²) in [7, 11) is 0. The lowest BCUT2D eigenvalue weighted by Crippen LogP contribution is -1.97. The van der Waals surface area contributed by atoms with Crippen molar-refractivity contribution in [3.63, 3.8) is 0 Å². The lowest BCUT2D eigenvalue weighted by atomic mass is 9.88. The van der Waals surface area contributed by atoms with E-state index >= 15 is 0 Å². The largest absolute Gasteiger partial charge is 0.309 e. The van der Waals surface area contributed by atoms with E-state index < -0.39 is 0 Å². The minimum Gasteiger partial charge on any atom is -0.309 e. The maximum atomic E-state index is 10.4. The third kappa shape index (κ3) is 4.39. The number of nitriles is 3. The number of para-hydroxylation sites is 1. The maximum Gasteiger partial charge on any atom is 0.100 e. The molecule has 0 saturated carbocycles. The molecule has 0 atom stereocenters. The highest BCUT2D eigenvalue weighted by Crippen LogP contribution is 2.39. The van der Waals surface area contributed by atoms with Crippen molar-refractivity contribution in [2.24, 2.45) is 0 Å². The summed E-state index contributed by atoms with van der Waals surface area (Å²) in [5, 5.41) is 32.1. The lowest BCUT2D eigenvalue weighted by molar-refractivity contribution is 1.18. The van der Waals surface area contributed by atoms with Crippen molar-refractivity contribution in [2.45, 2.75) is 0 Å². The Morgan fingerprint density at radius 3 is 1.63 bits per heavy atom. The fourth-order valence-corrected chi connectivity index (χ4v) is 5.91. The summed E-state index contributed by atoms with van der Waals surface area (Å²) in [6, 6.07) is 50.8. The molecule has 6 aromatic carbocycles. The summed E-state index contributed by atoms with van der Waals surface area (Å²) in [5.41, 5.74) is 9.87. The molecule has 4 heteroatoms. The van der Waals surface area contributed by atoms with Crippen molar-refractivity contribution in [3.05, 3.63) is 150 Å². The molecule has 1 aromatic heterocycles. The molecule has 0 amide bonds. The van der Waals surface area contributed by atoms with Crippen LogP contribution in [0.15, 0.2) is 133 Å². The molecule has 7 rings (SSSR count). The van der Waals surface area contributed by atoms with Crippen molar-refractivity contribution in [1.29, 1.82) is 15.8 Å². The standard InChI is InChI=1S/C39H22N4/c40-23-26-15-16-39-36(19-26)33-13-7-8-14-38(33)43(39)32-18-27(24-41)17-30(20-32)31-21-34(28-9-3-1-4-10-28)37(25-42)35(22-31)29-11-5-2-6-12-29/h1-22H. The number of hydrogen-bond acceptors (Lipinski definition) is 3. The van der Waals surface area contributed by atoms with Crippen LogP contribution in [0.3, 0.4) is 0 Å². The van der Waals surface area contributed by atoms with Gasteiger partial charge < -0.3 is 4.57 Å². The van der Waals surface area contributed by atoms with Gasteiger partial charge in [-0.1, -0.05) is 78.9 Å². The van der Waals surface area contributed by atoms with Gasteiger partial charge in [0, 0.05) is 27.6 Å². The third-order valence-corrected chi connectivity index (χ3v) is 7.86. The summed E-state index contributed by atoms with van der Waals surface area (Å²) in [5.74, 6) is 0. The van der Waals surface area contributed by atoms with E-state index in [9.17, 15) is 15.8 Å². The van der Waals surface area contributed by atoms with E-state index in [2.05, 4.69) is 41.0 Å². The minimum absolute atomic E-state index is 0.527. The van der Waals surface area contributed by atoms with Gasteiger partial charge in [-0.3, -0.25) is 0 Å². The zero-order valence-corrected chi connectivity index (χ0v) is 23.0. The van der Waals surface area contributed by atoms with Crippen molar-refractivity contribution in [1.82, 2.24) is 4.57 Å². The predicted octanol–water partition coefficient (Wildman–Crippen LogP) is 9.40. The van der Waals surface area contributed by atoms with Crippen LogP contribution in [-0.4, -0.2) is 4.57 Å². The Balaban J connectivity index is 1.52. The number of hydrogen-bond donors (Lipinski definition) is 0. The quantitative estimate of drug-likeness (QED) is 0.221. The van der Waals surface area contributed by atoms with Gasteiger partial charge in [0.15, 0.2) is 0 Å². The molecule has 7 aromatic rings. The second kappa shape index (κ2) is 10.5. The Morgan fingerprint density at radius 2 is 1.00 bits per heavy atom. The van der Waals surface area contributed by atoms with Crippen LogP contribution in [-0.2, 0) is 0 Å². The Kier molecular flexibility index (Phi) is 6.26. The van der Waals surface area contributed by atoms with Gasteiger partial charge in [0.1, 0.15) is 6.07 Å². The highest BCUT2D eigenvalue weighted by atomic mass is 15.0. The molecular weight excluding hydrogens is 524 g/mol. The first-order valence-electron chi connectivity index (χ1n) is 13.9. The topological polar surface area (TPSA) is 76.3 Å². The van der Waals surface area contributed by atoms with E-state index in [0.29, 0.717) is 16.7 Å². The number of rotatable bonds is 4. The van der Waals surface area contributed by atoms with Crippen LogP contribution in [0.1, 0.15) is 16.7 Å². The van der Waals surface area contributed by atoms with Gasteiger partial charge in [0.2, 0.25) is 0 Å². The van der Waals surface area contributed by atoms with Crippen LogP contribution >= 0.6 is 0 Å². The summed E-state index contributed by atoms with van der Waals surface area (Å²) in [6.07, 6.45) is 0. The summed E-state index contributed by atoms with van der Waals surface area (Å²) in [4.78, 5) is 0. The fraction of sp³-hybridized carbons (Fsp3) is 0. The lowest BCUT2D eigenvalue weighted by Gasteiger charge is -2.16. The predicted molar refractivity (Wildman–Crippen MR) is 171 cm³/mol. The minimum atomic E-state index is 0.527. The van der Waals surface area contributed by atoms with E-state index in [1.807, 2.05) is 115 Å². The van der Waals surface area contributed by atoms with Gasteiger partial charge in [-0.2, -0.15) is 15.8 Å². The molecule has 0 saturated heterocycles. The van der Waals surface area contributed by atoms with Crippen LogP contribution in [0.2, 0.25) is 0 Å². The van der Waals surface area contributed by atoms with Crippen LogP contribution in [0.5, 0.6) is 0 Å². The molecule has 0 unspecified atom stereocenters. The molecular formula is C39H22N4. The molecule has 0 N–H and O–H groups in total. The molecule has 0 spiro atoms. The first kappa shape index (κ1) is 25.6. The van der Waals surface area contributed by atoms with Crippen LogP contribution in [0.4, 0.5) is 0 Å². The average Bonchev–Trinajstić information content (AvgIpc) is 3.41. The van der Waals surface area contributed by atoms with Gasteiger partial charge in [-0.15, -0.1) is 0 Å². The second-order valence-electron chi connectivity index (χ2n) is 10.4. The molecule has 0 bridgehead atoms. The Labute approximate surface area is 249 Å². The van der Waals surface area contributed by atoms with E-state index in [0.717, 1.165) is 60.9 Å². The first-order chi connectivity index (χ1) is 21.2. The summed E-state index contributed by atoms with van der Waals surface area (Å²) >= 11 is 0. The van der Waals surface area contributed by atoms with Crippen LogP contribution < -0.4 is 0 Å². The van der Waals surface area contributed by atoms with Crippen molar-refractivity contribution < 1.29 is 0 Å². The SMILES string of the molecule is N#Cc1cc(-c2cc(-c3ccccc3)c(C#N)c(-c3ccccc3)c2)cc(-n2c3ccccc3c3cc(C#N)ccc32)c1. The summed E-state index contributed by atoms with van der Waals surface area (Å²) in [6.45, 7) is 0. The number of benzene rings is 6. The molecule has 0 aliphatic heterocycles. The summed E-state index contributed by atoms with van der Waals surface area (Å²) < 4.78 is 2.15. The van der Waals surface area contributed by atoms with Crippen molar-refractivity contribution >= 4 is 21.8 Å². The van der Waals surface area contributed by atoms with Gasteiger partial charge in [0.25, 0.3) is 0 Å². The second-order valence-corrected chi connectivity index (χ2v) is 10.4. The monoisotopic (exact) mass is 546 g/mol. The zero-order valence-electron chi connectivity index (χ0n) is 23.0.